The van der Waals surface area contributed by atoms with Crippen LogP contribution in [0.15, 0.2) is 54.6 Å². The van der Waals surface area contributed by atoms with E-state index >= 15 is 0 Å². The van der Waals surface area contributed by atoms with Crippen LogP contribution < -0.4 is 5.32 Å². The van der Waals surface area contributed by atoms with E-state index in [4.69, 9.17) is 18.9 Å². The Balaban J connectivity index is 1.82. The summed E-state index contributed by atoms with van der Waals surface area (Å²) in [6.45, 7) is 3.15. The van der Waals surface area contributed by atoms with E-state index in [1.54, 1.807) is 12.1 Å². The van der Waals surface area contributed by atoms with E-state index in [9.17, 15) is 29.1 Å². The number of benzene rings is 2. The topological polar surface area (TPSA) is 155 Å². The largest absolute Gasteiger partial charge is 0.479 e. The van der Waals surface area contributed by atoms with Crippen LogP contribution in [0, 0.1) is 0 Å². The average molecular weight is 513 g/mol. The van der Waals surface area contributed by atoms with Gasteiger partial charge in [0.15, 0.2) is 30.6 Å². The maximum atomic E-state index is 12.9. The monoisotopic (exact) mass is 513 g/mol. The average Bonchev–Trinajstić information content (AvgIpc) is 2.82. The first kappa shape index (κ1) is 27.3. The zero-order chi connectivity index (χ0) is 27.1. The van der Waals surface area contributed by atoms with Gasteiger partial charge in [0.2, 0.25) is 5.91 Å². The Labute approximate surface area is 212 Å². The molecule has 11 heteroatoms. The zero-order valence-electron chi connectivity index (χ0n) is 20.4. The fraction of sp³-hybridized carbons (Fsp3) is 0.346. The second kappa shape index (κ2) is 12.1. The SMILES string of the molecule is CC(=O)O[C@@H]1[C@@H](OC(C)=O)[C@H](NC(=O)Cc2ccc(-c3ccccc3)cc2)O[C@H](C(=O)O)[C@H]1OC(C)=O. The molecule has 2 aromatic carbocycles. The van der Waals surface area contributed by atoms with Crippen LogP contribution in [-0.4, -0.2) is 65.5 Å². The van der Waals surface area contributed by atoms with Gasteiger partial charge in [0.05, 0.1) is 6.42 Å². The molecule has 1 saturated heterocycles. The minimum Gasteiger partial charge on any atom is -0.479 e. The van der Waals surface area contributed by atoms with Gasteiger partial charge in [0, 0.05) is 20.8 Å². The lowest BCUT2D eigenvalue weighted by Gasteiger charge is -2.43. The van der Waals surface area contributed by atoms with Crippen LogP contribution in [0.25, 0.3) is 11.1 Å². The maximum Gasteiger partial charge on any atom is 0.337 e. The van der Waals surface area contributed by atoms with Gasteiger partial charge < -0.3 is 29.4 Å². The molecule has 37 heavy (non-hydrogen) atoms. The van der Waals surface area contributed by atoms with Gasteiger partial charge in [-0.15, -0.1) is 0 Å². The van der Waals surface area contributed by atoms with Gasteiger partial charge >= 0.3 is 23.9 Å². The quantitative estimate of drug-likeness (QED) is 0.393. The van der Waals surface area contributed by atoms with E-state index in [0.29, 0.717) is 5.56 Å². The third-order valence-electron chi connectivity index (χ3n) is 5.42. The number of carboxylic acid groups (broad SMARTS) is 1. The van der Waals surface area contributed by atoms with Crippen molar-refractivity contribution in [1.29, 1.82) is 0 Å². The van der Waals surface area contributed by atoms with Crippen molar-refractivity contribution in [1.82, 2.24) is 5.32 Å². The summed E-state index contributed by atoms with van der Waals surface area (Å²) in [7, 11) is 0. The summed E-state index contributed by atoms with van der Waals surface area (Å²) in [6, 6.07) is 16.9. The van der Waals surface area contributed by atoms with Crippen molar-refractivity contribution in [2.24, 2.45) is 0 Å². The lowest BCUT2D eigenvalue weighted by atomic mass is 9.96. The molecule has 0 aromatic heterocycles. The number of esters is 3. The van der Waals surface area contributed by atoms with Crippen molar-refractivity contribution < 1.29 is 48.0 Å². The van der Waals surface area contributed by atoms with Crippen LogP contribution in [0.4, 0.5) is 0 Å². The summed E-state index contributed by atoms with van der Waals surface area (Å²) in [5.74, 6) is -4.67. The van der Waals surface area contributed by atoms with E-state index in [0.717, 1.165) is 31.9 Å². The van der Waals surface area contributed by atoms with Gasteiger partial charge in [0.1, 0.15) is 0 Å². The molecule has 1 aliphatic heterocycles. The Morgan fingerprint density at radius 3 is 1.81 bits per heavy atom. The smallest absolute Gasteiger partial charge is 0.337 e. The van der Waals surface area contributed by atoms with Crippen molar-refractivity contribution in [3.8, 4) is 11.1 Å². The first-order chi connectivity index (χ1) is 17.5. The number of carbonyl (C=O) groups is 5. The molecular weight excluding hydrogens is 486 g/mol. The highest BCUT2D eigenvalue weighted by molar-refractivity contribution is 5.80. The van der Waals surface area contributed by atoms with Crippen molar-refractivity contribution >= 4 is 29.8 Å². The fourth-order valence-electron chi connectivity index (χ4n) is 3.97. The maximum absolute atomic E-state index is 12.9. The first-order valence-corrected chi connectivity index (χ1v) is 11.4. The molecule has 1 heterocycles. The molecule has 196 valence electrons. The van der Waals surface area contributed by atoms with Gasteiger partial charge in [-0.25, -0.2) is 4.79 Å². The third kappa shape index (κ3) is 7.37. The third-order valence-corrected chi connectivity index (χ3v) is 5.42. The van der Waals surface area contributed by atoms with Gasteiger partial charge in [-0.05, 0) is 16.7 Å². The number of hydrogen-bond acceptors (Lipinski definition) is 9. The standard InChI is InChI=1S/C26H27NO10/c1-14(28)34-21-22(35-15(2)29)24(26(32)33)37-25(23(21)36-16(3)30)27-20(31)13-17-9-11-19(12-10-17)18-7-5-4-6-8-18/h4-12,21-25H,13H2,1-3H3,(H,27,31)(H,32,33)/t21-,22-,23+,24-,25+/m0/s1. The molecule has 0 bridgehead atoms. The number of rotatable bonds is 8. The number of nitrogens with one attached hydrogen (secondary N) is 1. The summed E-state index contributed by atoms with van der Waals surface area (Å²) in [5, 5.41) is 12.2. The number of ether oxygens (including phenoxy) is 4. The van der Waals surface area contributed by atoms with Crippen LogP contribution in [0.1, 0.15) is 26.3 Å². The summed E-state index contributed by atoms with van der Waals surface area (Å²) in [6.07, 6.45) is -8.14. The normalized spacial score (nSPS) is 22.8. The fourth-order valence-corrected chi connectivity index (χ4v) is 3.97. The Hall–Kier alpha value is -4.25. The van der Waals surface area contributed by atoms with E-state index in [1.165, 1.54) is 0 Å². The molecule has 3 rings (SSSR count). The Morgan fingerprint density at radius 1 is 0.757 bits per heavy atom. The van der Waals surface area contributed by atoms with Crippen molar-refractivity contribution in [3.63, 3.8) is 0 Å². The Morgan fingerprint density at radius 2 is 1.27 bits per heavy atom. The highest BCUT2D eigenvalue weighted by Crippen LogP contribution is 2.28. The van der Waals surface area contributed by atoms with Crippen LogP contribution >= 0.6 is 0 Å². The number of amides is 1. The first-order valence-electron chi connectivity index (χ1n) is 11.4. The molecule has 1 amide bonds. The summed E-state index contributed by atoms with van der Waals surface area (Å²) in [5.41, 5.74) is 2.62. The van der Waals surface area contributed by atoms with E-state index < -0.39 is 60.4 Å². The molecule has 0 unspecified atom stereocenters. The zero-order valence-corrected chi connectivity index (χ0v) is 20.4. The Bertz CT molecular complexity index is 1150. The van der Waals surface area contributed by atoms with Gasteiger partial charge in [-0.1, -0.05) is 54.6 Å². The molecule has 0 saturated carbocycles. The number of aliphatic carboxylic acids is 1. The second-order valence-corrected chi connectivity index (χ2v) is 8.34. The van der Waals surface area contributed by atoms with Crippen LogP contribution in [0.3, 0.4) is 0 Å². The van der Waals surface area contributed by atoms with Crippen molar-refractivity contribution in [2.75, 3.05) is 0 Å². The molecule has 11 nitrogen and oxygen atoms in total. The highest BCUT2D eigenvalue weighted by Gasteiger charge is 2.54. The van der Waals surface area contributed by atoms with Gasteiger partial charge in [-0.2, -0.15) is 0 Å². The molecule has 0 radical (unpaired) electrons. The van der Waals surface area contributed by atoms with Gasteiger partial charge in [0.25, 0.3) is 0 Å². The molecule has 1 fully saturated rings. The Kier molecular flexibility index (Phi) is 8.96. The molecule has 2 aromatic rings. The summed E-state index contributed by atoms with van der Waals surface area (Å²) in [4.78, 5) is 60.0. The molecule has 2 N–H and O–H groups in total. The van der Waals surface area contributed by atoms with Crippen LogP contribution in [-0.2, 0) is 49.3 Å². The number of carbonyl (C=O) groups excluding carboxylic acids is 4. The molecule has 1 aliphatic rings. The summed E-state index contributed by atoms with van der Waals surface area (Å²) >= 11 is 0. The molecule has 0 aliphatic carbocycles. The lowest BCUT2D eigenvalue weighted by molar-refractivity contribution is -0.252. The van der Waals surface area contributed by atoms with E-state index in [-0.39, 0.29) is 6.42 Å². The highest BCUT2D eigenvalue weighted by atomic mass is 16.7. The van der Waals surface area contributed by atoms with Gasteiger partial charge in [-0.3, -0.25) is 19.2 Å². The predicted molar refractivity (Wildman–Crippen MR) is 127 cm³/mol. The summed E-state index contributed by atoms with van der Waals surface area (Å²) < 4.78 is 21.0. The minimum absolute atomic E-state index is 0.106. The second-order valence-electron chi connectivity index (χ2n) is 8.34. The molecule has 5 atom stereocenters. The van der Waals surface area contributed by atoms with Crippen LogP contribution in [0.2, 0.25) is 0 Å². The van der Waals surface area contributed by atoms with E-state index in [1.807, 2.05) is 42.5 Å². The van der Waals surface area contributed by atoms with Crippen molar-refractivity contribution in [2.45, 2.75) is 57.8 Å². The number of hydrogen-bond donors (Lipinski definition) is 2. The number of carboxylic acids is 1. The van der Waals surface area contributed by atoms with Crippen molar-refractivity contribution in [3.05, 3.63) is 60.2 Å². The van der Waals surface area contributed by atoms with Crippen LogP contribution in [0.5, 0.6) is 0 Å². The predicted octanol–water partition coefficient (Wildman–Crippen LogP) is 1.62. The lowest BCUT2D eigenvalue weighted by Crippen LogP contribution is -2.66. The minimum atomic E-state index is -1.82. The molecular formula is C26H27NO10. The van der Waals surface area contributed by atoms with E-state index in [2.05, 4.69) is 5.32 Å². The molecule has 0 spiro atoms.